The molecule has 4 aromatic rings. The van der Waals surface area contributed by atoms with E-state index in [1.54, 1.807) is 12.1 Å². The number of aryl methyl sites for hydroxylation is 2. The molecule has 2 aromatic carbocycles. The van der Waals surface area contributed by atoms with Gasteiger partial charge in [0, 0.05) is 5.56 Å². The number of nitrogens with one attached hydrogen (secondary N) is 1. The van der Waals surface area contributed by atoms with E-state index < -0.39 is 0 Å². The molecule has 1 amide bonds. The Morgan fingerprint density at radius 3 is 2.57 bits per heavy atom. The van der Waals surface area contributed by atoms with Crippen LogP contribution in [0.3, 0.4) is 0 Å². The van der Waals surface area contributed by atoms with Crippen molar-refractivity contribution in [3.05, 3.63) is 59.8 Å². The maximum atomic E-state index is 11.9. The lowest BCUT2D eigenvalue weighted by atomic mass is 10.1. The molecule has 0 unspecified atom stereocenters. The molecular formula is C17H16N4O2. The highest BCUT2D eigenvalue weighted by Crippen LogP contribution is 2.32. The predicted octanol–water partition coefficient (Wildman–Crippen LogP) is 2.62. The molecule has 0 bridgehead atoms. The predicted molar refractivity (Wildman–Crippen MR) is 87.7 cm³/mol. The zero-order valence-electron chi connectivity index (χ0n) is 12.9. The Bertz CT molecular complexity index is 1060. The summed E-state index contributed by atoms with van der Waals surface area (Å²) in [6, 6.07) is 9.20. The lowest BCUT2D eigenvalue weighted by molar-refractivity contribution is 0.0970. The Hall–Kier alpha value is -3.15. The summed E-state index contributed by atoms with van der Waals surface area (Å²) >= 11 is 0. The number of aromatic hydroxyl groups is 1. The van der Waals surface area contributed by atoms with E-state index >= 15 is 0 Å². The number of amides is 1. The largest absolute Gasteiger partial charge is 0.506 e. The maximum absolute atomic E-state index is 11.9. The molecule has 0 atom stereocenters. The van der Waals surface area contributed by atoms with Gasteiger partial charge in [-0.2, -0.15) is 0 Å². The molecule has 0 saturated carbocycles. The Labute approximate surface area is 132 Å². The number of hydrogen-bond acceptors (Lipinski definition) is 2. The van der Waals surface area contributed by atoms with Crippen molar-refractivity contribution in [2.45, 2.75) is 13.8 Å². The number of benzene rings is 2. The van der Waals surface area contributed by atoms with Gasteiger partial charge < -0.3 is 10.4 Å². The monoisotopic (exact) mass is 308 g/mol. The fourth-order valence-corrected chi connectivity index (χ4v) is 2.81. The summed E-state index contributed by atoms with van der Waals surface area (Å²) < 4.78 is 3.85. The first-order valence-electron chi connectivity index (χ1n) is 7.29. The number of aromatic nitrogens is 3. The molecule has 2 heterocycles. The van der Waals surface area contributed by atoms with Gasteiger partial charge in [-0.25, -0.2) is 0 Å². The molecule has 0 aliphatic rings. The van der Waals surface area contributed by atoms with E-state index in [9.17, 15) is 9.90 Å². The zero-order valence-corrected chi connectivity index (χ0v) is 12.9. The third-order valence-electron chi connectivity index (χ3n) is 4.22. The summed E-state index contributed by atoms with van der Waals surface area (Å²) in [4.78, 5) is 13.7. The van der Waals surface area contributed by atoms with Gasteiger partial charge in [-0.1, -0.05) is 6.58 Å². The molecule has 2 aromatic heterocycles. The number of rotatable bonds is 3. The molecule has 0 saturated heterocycles. The number of hydrogen-bond donors (Lipinski definition) is 2. The average molecular weight is 308 g/mol. The van der Waals surface area contributed by atoms with Crippen molar-refractivity contribution < 1.29 is 9.90 Å². The van der Waals surface area contributed by atoms with Crippen molar-refractivity contribution in [3.63, 3.8) is 0 Å². The molecule has 0 aliphatic heterocycles. The molecule has 23 heavy (non-hydrogen) atoms. The number of phenolic OH excluding ortho intramolecular Hbond substituents is 1. The zero-order chi connectivity index (χ0) is 16.3. The van der Waals surface area contributed by atoms with Crippen LogP contribution in [0.15, 0.2) is 43.1 Å². The fourth-order valence-electron chi connectivity index (χ4n) is 2.81. The van der Waals surface area contributed by atoms with Gasteiger partial charge in [-0.05, 0) is 61.5 Å². The highest BCUT2D eigenvalue weighted by atomic mass is 16.3. The second-order valence-electron chi connectivity index (χ2n) is 5.67. The number of fused-ring (bicyclic) bond motifs is 4. The lowest BCUT2D eigenvalue weighted by Gasteiger charge is -2.03. The Morgan fingerprint density at radius 2 is 1.83 bits per heavy atom. The van der Waals surface area contributed by atoms with Gasteiger partial charge >= 0.3 is 0 Å². The van der Waals surface area contributed by atoms with Crippen molar-refractivity contribution in [3.8, 4) is 11.4 Å². The highest BCUT2D eigenvalue weighted by molar-refractivity contribution is 5.98. The summed E-state index contributed by atoms with van der Waals surface area (Å²) in [6.07, 6.45) is 1.37. The molecule has 0 fully saturated rings. The van der Waals surface area contributed by atoms with Crippen LogP contribution in [0.25, 0.3) is 16.7 Å². The first-order valence-corrected chi connectivity index (χ1v) is 7.29. The van der Waals surface area contributed by atoms with Crippen LogP contribution in [-0.4, -0.2) is 25.1 Å². The van der Waals surface area contributed by atoms with E-state index in [2.05, 4.69) is 11.9 Å². The third kappa shape index (κ3) is 1.78. The van der Waals surface area contributed by atoms with E-state index in [0.717, 1.165) is 27.8 Å². The molecule has 4 rings (SSSR count). The molecule has 0 aliphatic carbocycles. The first kappa shape index (κ1) is 13.5. The van der Waals surface area contributed by atoms with Crippen molar-refractivity contribution in [1.82, 2.24) is 19.4 Å². The third-order valence-corrected chi connectivity index (χ3v) is 4.22. The molecule has 6 nitrogen and oxygen atoms in total. The summed E-state index contributed by atoms with van der Waals surface area (Å²) in [5.74, 6) is 0.0432. The quantitative estimate of drug-likeness (QED) is 0.611. The van der Waals surface area contributed by atoms with Gasteiger partial charge in [0.05, 0.1) is 0 Å². The minimum absolute atomic E-state index is 0.191. The van der Waals surface area contributed by atoms with Crippen LogP contribution in [-0.2, 0) is 0 Å². The number of nitrogens with zero attached hydrogens (tertiary/aromatic N) is 3. The second kappa shape index (κ2) is 4.42. The number of carbonyl (C=O) groups is 1. The molecule has 0 radical (unpaired) electrons. The number of phenols is 1. The standard InChI is InChI=1S/C17H16N4O2/c1-4-18-17(23)12-5-6-13-14(9-12)20-19(13)21(20)15-7-10(2)11(3)8-16(15)22/h4-9,22H,1H2,2-3H3,(H,18,23). The Balaban J connectivity index is 1.82. The Morgan fingerprint density at radius 1 is 1.13 bits per heavy atom. The maximum Gasteiger partial charge on any atom is 0.255 e. The van der Waals surface area contributed by atoms with Crippen molar-refractivity contribution in [2.75, 3.05) is 0 Å². The topological polar surface area (TPSA) is 63.1 Å². The van der Waals surface area contributed by atoms with E-state index in [1.165, 1.54) is 6.20 Å². The van der Waals surface area contributed by atoms with Crippen LogP contribution < -0.4 is 5.32 Å². The first-order chi connectivity index (χ1) is 11.0. The molecule has 0 spiro atoms. The van der Waals surface area contributed by atoms with Crippen LogP contribution in [0.1, 0.15) is 21.5 Å². The molecule has 2 N–H and O–H groups in total. The van der Waals surface area contributed by atoms with Gasteiger partial charge in [-0.15, -0.1) is 14.1 Å². The summed E-state index contributed by atoms with van der Waals surface area (Å²) in [5, 5.41) is 12.8. The van der Waals surface area contributed by atoms with Gasteiger partial charge in [0.1, 0.15) is 22.5 Å². The van der Waals surface area contributed by atoms with Crippen LogP contribution >= 0.6 is 0 Å². The second-order valence-corrected chi connectivity index (χ2v) is 5.67. The van der Waals surface area contributed by atoms with Crippen molar-refractivity contribution >= 4 is 16.9 Å². The van der Waals surface area contributed by atoms with Crippen LogP contribution in [0.2, 0.25) is 0 Å². The SMILES string of the molecule is C=CNC(=O)c1ccc2c(c1)n1n(-c3cc(C)c(C)cc3O)n21. The highest BCUT2D eigenvalue weighted by Gasteiger charge is 2.26. The van der Waals surface area contributed by atoms with Gasteiger partial charge in [0.25, 0.3) is 5.91 Å². The van der Waals surface area contributed by atoms with Gasteiger partial charge in [0.2, 0.25) is 0 Å². The number of carbonyl (C=O) groups excluding carboxylic acids is 1. The van der Waals surface area contributed by atoms with Crippen LogP contribution in [0, 0.1) is 13.8 Å². The average Bonchev–Trinajstić information content (AvgIpc) is 3.17. The van der Waals surface area contributed by atoms with E-state index in [0.29, 0.717) is 5.56 Å². The summed E-state index contributed by atoms with van der Waals surface area (Å²) in [6.45, 7) is 7.47. The Kier molecular flexibility index (Phi) is 2.60. The molecule has 6 heteroatoms. The van der Waals surface area contributed by atoms with Gasteiger partial charge in [-0.3, -0.25) is 4.79 Å². The van der Waals surface area contributed by atoms with Crippen molar-refractivity contribution in [2.24, 2.45) is 0 Å². The molecular weight excluding hydrogens is 292 g/mol. The summed E-state index contributed by atoms with van der Waals surface area (Å²) in [7, 11) is 0. The smallest absolute Gasteiger partial charge is 0.255 e. The van der Waals surface area contributed by atoms with Crippen LogP contribution in [0.4, 0.5) is 0 Å². The minimum Gasteiger partial charge on any atom is -0.506 e. The van der Waals surface area contributed by atoms with Gasteiger partial charge in [0.15, 0.2) is 0 Å². The van der Waals surface area contributed by atoms with Crippen LogP contribution in [0.5, 0.6) is 5.75 Å². The van der Waals surface area contributed by atoms with E-state index in [1.807, 2.05) is 46.1 Å². The summed E-state index contributed by atoms with van der Waals surface area (Å²) in [5.41, 5.74) is 5.38. The fraction of sp³-hybridized carbons (Fsp3) is 0.118. The normalized spacial score (nSPS) is 11.6. The lowest BCUT2D eigenvalue weighted by Crippen LogP contribution is -2.16. The van der Waals surface area contributed by atoms with Crippen molar-refractivity contribution in [1.29, 1.82) is 0 Å². The van der Waals surface area contributed by atoms with E-state index in [-0.39, 0.29) is 11.7 Å². The minimum atomic E-state index is -0.191. The van der Waals surface area contributed by atoms with E-state index in [4.69, 9.17) is 0 Å². The molecule has 116 valence electrons.